The molecule has 0 aromatic heterocycles. The first kappa shape index (κ1) is 16.1. The quantitative estimate of drug-likeness (QED) is 0.636. The first-order chi connectivity index (χ1) is 11.7. The fourth-order valence-corrected chi connectivity index (χ4v) is 2.74. The number of methoxy groups -OCH3 is 2. The fraction of sp³-hybridized carbons (Fsp3) is 0.263. The van der Waals surface area contributed by atoms with Gasteiger partial charge in [-0.05, 0) is 67.3 Å². The smallest absolute Gasteiger partial charge is 0.365 e. The van der Waals surface area contributed by atoms with E-state index in [1.807, 2.05) is 18.2 Å². The Labute approximate surface area is 140 Å². The number of hydrogen-bond acceptors (Lipinski definition) is 5. The largest absolute Gasteiger partial charge is 0.497 e. The summed E-state index contributed by atoms with van der Waals surface area (Å²) in [4.78, 5) is 17.2. The molecule has 5 heteroatoms. The van der Waals surface area contributed by atoms with E-state index in [-0.39, 0.29) is 0 Å². The van der Waals surface area contributed by atoms with Gasteiger partial charge >= 0.3 is 5.97 Å². The standard InChI is InChI=1S/C19H19NO4/c1-22-15-8-6-13(7-9-15)19(21)24-20-18-5-3-4-14-12-16(23-2)10-11-17(14)18/h6-12H,3-5H2,1-2H3/b20-18+. The molecular formula is C19H19NO4. The van der Waals surface area contributed by atoms with Crippen LogP contribution in [-0.4, -0.2) is 25.9 Å². The van der Waals surface area contributed by atoms with E-state index in [4.69, 9.17) is 14.3 Å². The lowest BCUT2D eigenvalue weighted by Gasteiger charge is -2.17. The SMILES string of the molecule is COc1ccc(C(=O)O/N=C2\CCCc3cc(OC)ccc32)cc1. The maximum Gasteiger partial charge on any atom is 0.365 e. The van der Waals surface area contributed by atoms with Gasteiger partial charge < -0.3 is 14.3 Å². The monoisotopic (exact) mass is 325 g/mol. The number of ether oxygens (including phenoxy) is 2. The topological polar surface area (TPSA) is 57.1 Å². The van der Waals surface area contributed by atoms with Crippen molar-refractivity contribution in [1.29, 1.82) is 0 Å². The van der Waals surface area contributed by atoms with Crippen LogP contribution in [0.2, 0.25) is 0 Å². The summed E-state index contributed by atoms with van der Waals surface area (Å²) in [7, 11) is 3.23. The van der Waals surface area contributed by atoms with Crippen LogP contribution in [0.25, 0.3) is 0 Å². The molecule has 2 aromatic rings. The third kappa shape index (κ3) is 3.40. The van der Waals surface area contributed by atoms with Gasteiger partial charge in [-0.3, -0.25) is 0 Å². The molecule has 5 nitrogen and oxygen atoms in total. The lowest BCUT2D eigenvalue weighted by Crippen LogP contribution is -2.13. The van der Waals surface area contributed by atoms with Crippen molar-refractivity contribution in [3.8, 4) is 11.5 Å². The molecule has 0 radical (unpaired) electrons. The Morgan fingerprint density at radius 3 is 2.38 bits per heavy atom. The summed E-state index contributed by atoms with van der Waals surface area (Å²) in [5.74, 6) is 1.03. The highest BCUT2D eigenvalue weighted by molar-refractivity contribution is 6.03. The average Bonchev–Trinajstić information content (AvgIpc) is 2.65. The zero-order valence-corrected chi connectivity index (χ0v) is 13.7. The zero-order chi connectivity index (χ0) is 16.9. The van der Waals surface area contributed by atoms with Crippen molar-refractivity contribution in [2.24, 2.45) is 5.16 Å². The van der Waals surface area contributed by atoms with Crippen molar-refractivity contribution in [3.63, 3.8) is 0 Å². The first-order valence-electron chi connectivity index (χ1n) is 7.81. The Balaban J connectivity index is 1.76. The van der Waals surface area contributed by atoms with Crippen LogP contribution in [0.3, 0.4) is 0 Å². The number of benzene rings is 2. The van der Waals surface area contributed by atoms with E-state index in [0.717, 1.165) is 36.3 Å². The molecule has 3 rings (SSSR count). The molecule has 1 aliphatic carbocycles. The molecular weight excluding hydrogens is 306 g/mol. The zero-order valence-electron chi connectivity index (χ0n) is 13.7. The molecule has 24 heavy (non-hydrogen) atoms. The van der Waals surface area contributed by atoms with Crippen molar-refractivity contribution >= 4 is 11.7 Å². The van der Waals surface area contributed by atoms with Crippen LogP contribution in [-0.2, 0) is 11.3 Å². The van der Waals surface area contributed by atoms with Gasteiger partial charge in [0.2, 0.25) is 0 Å². The molecule has 0 unspecified atom stereocenters. The van der Waals surface area contributed by atoms with Crippen molar-refractivity contribution in [2.75, 3.05) is 14.2 Å². The van der Waals surface area contributed by atoms with Crippen LogP contribution < -0.4 is 9.47 Å². The molecule has 0 fully saturated rings. The van der Waals surface area contributed by atoms with Gasteiger partial charge in [-0.15, -0.1) is 0 Å². The van der Waals surface area contributed by atoms with Gasteiger partial charge in [-0.25, -0.2) is 4.79 Å². The maximum atomic E-state index is 12.1. The van der Waals surface area contributed by atoms with Crippen molar-refractivity contribution in [3.05, 3.63) is 59.2 Å². The van der Waals surface area contributed by atoms with Gasteiger partial charge in [0.25, 0.3) is 0 Å². The minimum absolute atomic E-state index is 0.436. The Kier molecular flexibility index (Phi) is 4.79. The Hall–Kier alpha value is -2.82. The molecule has 0 saturated carbocycles. The van der Waals surface area contributed by atoms with Crippen molar-refractivity contribution in [2.45, 2.75) is 19.3 Å². The van der Waals surface area contributed by atoms with Gasteiger partial charge in [0.15, 0.2) is 0 Å². The number of aryl methyl sites for hydroxylation is 1. The third-order valence-electron chi connectivity index (χ3n) is 4.05. The van der Waals surface area contributed by atoms with Gasteiger partial charge in [-0.1, -0.05) is 5.16 Å². The highest BCUT2D eigenvalue weighted by atomic mass is 16.7. The summed E-state index contributed by atoms with van der Waals surface area (Å²) in [6.07, 6.45) is 2.73. The Morgan fingerprint density at radius 1 is 0.958 bits per heavy atom. The molecule has 0 saturated heterocycles. The molecule has 2 aromatic carbocycles. The number of carbonyl (C=O) groups is 1. The van der Waals surface area contributed by atoms with E-state index >= 15 is 0 Å². The lowest BCUT2D eigenvalue weighted by atomic mass is 9.90. The fourth-order valence-electron chi connectivity index (χ4n) is 2.74. The second kappa shape index (κ2) is 7.17. The molecule has 0 heterocycles. The predicted molar refractivity (Wildman–Crippen MR) is 90.9 cm³/mol. The molecule has 124 valence electrons. The Morgan fingerprint density at radius 2 is 1.67 bits per heavy atom. The highest BCUT2D eigenvalue weighted by Crippen LogP contribution is 2.26. The molecule has 0 atom stereocenters. The minimum atomic E-state index is -0.481. The third-order valence-corrected chi connectivity index (χ3v) is 4.05. The lowest BCUT2D eigenvalue weighted by molar-refractivity contribution is 0.0515. The van der Waals surface area contributed by atoms with Gasteiger partial charge in [-0.2, -0.15) is 0 Å². The number of carbonyl (C=O) groups excluding carboxylic acids is 1. The number of hydrogen-bond donors (Lipinski definition) is 0. The molecule has 0 aliphatic heterocycles. The second-order valence-corrected chi connectivity index (χ2v) is 5.52. The number of rotatable bonds is 4. The summed E-state index contributed by atoms with van der Waals surface area (Å²) in [6, 6.07) is 12.6. The van der Waals surface area contributed by atoms with Gasteiger partial charge in [0.1, 0.15) is 11.5 Å². The summed E-state index contributed by atoms with van der Waals surface area (Å²) < 4.78 is 10.3. The maximum absolute atomic E-state index is 12.1. The minimum Gasteiger partial charge on any atom is -0.497 e. The van der Waals surface area contributed by atoms with Gasteiger partial charge in [0, 0.05) is 5.56 Å². The summed E-state index contributed by atoms with van der Waals surface area (Å²) >= 11 is 0. The first-order valence-corrected chi connectivity index (χ1v) is 7.81. The summed E-state index contributed by atoms with van der Waals surface area (Å²) in [5, 5.41) is 4.09. The number of nitrogens with zero attached hydrogens (tertiary/aromatic N) is 1. The number of fused-ring (bicyclic) bond motifs is 1. The van der Waals surface area contributed by atoms with E-state index in [1.54, 1.807) is 38.5 Å². The average molecular weight is 325 g/mol. The van der Waals surface area contributed by atoms with Crippen molar-refractivity contribution < 1.29 is 19.1 Å². The van der Waals surface area contributed by atoms with Crippen LogP contribution >= 0.6 is 0 Å². The van der Waals surface area contributed by atoms with Gasteiger partial charge in [0.05, 0.1) is 25.5 Å². The number of oxime groups is 1. The molecule has 0 amide bonds. The van der Waals surface area contributed by atoms with Crippen LogP contribution in [0.15, 0.2) is 47.6 Å². The molecule has 1 aliphatic rings. The van der Waals surface area contributed by atoms with Crippen LogP contribution in [0, 0.1) is 0 Å². The molecule has 0 N–H and O–H groups in total. The van der Waals surface area contributed by atoms with E-state index in [2.05, 4.69) is 5.16 Å². The Bertz CT molecular complexity index is 765. The molecule has 0 bridgehead atoms. The summed E-state index contributed by atoms with van der Waals surface area (Å²) in [6.45, 7) is 0. The second-order valence-electron chi connectivity index (χ2n) is 5.52. The van der Waals surface area contributed by atoms with E-state index in [1.165, 1.54) is 5.56 Å². The van der Waals surface area contributed by atoms with Crippen LogP contribution in [0.5, 0.6) is 11.5 Å². The highest BCUT2D eigenvalue weighted by Gasteiger charge is 2.17. The predicted octanol–water partition coefficient (Wildman–Crippen LogP) is 3.60. The van der Waals surface area contributed by atoms with Crippen molar-refractivity contribution in [1.82, 2.24) is 0 Å². The van der Waals surface area contributed by atoms with E-state index in [0.29, 0.717) is 11.3 Å². The molecule has 0 spiro atoms. The normalized spacial score (nSPS) is 14.8. The summed E-state index contributed by atoms with van der Waals surface area (Å²) in [5.41, 5.74) is 3.41. The van der Waals surface area contributed by atoms with Crippen LogP contribution in [0.1, 0.15) is 34.3 Å². The van der Waals surface area contributed by atoms with E-state index in [9.17, 15) is 4.79 Å². The van der Waals surface area contributed by atoms with E-state index < -0.39 is 5.97 Å². The van der Waals surface area contributed by atoms with Crippen LogP contribution in [0.4, 0.5) is 0 Å².